The summed E-state index contributed by atoms with van der Waals surface area (Å²) in [5, 5.41) is 3.60. The van der Waals surface area contributed by atoms with Gasteiger partial charge in [0.2, 0.25) is 5.95 Å². The minimum Gasteiger partial charge on any atom is -0.385 e. The molecule has 1 saturated heterocycles. The number of aromatic nitrogens is 2. The lowest BCUT2D eigenvalue weighted by molar-refractivity contribution is 0.339. The molecule has 27 heavy (non-hydrogen) atoms. The van der Waals surface area contributed by atoms with Crippen LogP contribution in [0.1, 0.15) is 25.7 Å². The van der Waals surface area contributed by atoms with E-state index in [2.05, 4.69) is 49.4 Å². The van der Waals surface area contributed by atoms with Gasteiger partial charge in [-0.3, -0.25) is 0 Å². The van der Waals surface area contributed by atoms with Crippen molar-refractivity contribution in [3.63, 3.8) is 0 Å². The molecule has 4 rings (SSSR count). The molecule has 1 aliphatic heterocycles. The molecule has 0 radical (unpaired) electrons. The summed E-state index contributed by atoms with van der Waals surface area (Å²) >= 11 is 0. The zero-order valence-electron chi connectivity index (χ0n) is 15.9. The van der Waals surface area contributed by atoms with Gasteiger partial charge in [-0.25, -0.2) is 9.97 Å². The van der Waals surface area contributed by atoms with E-state index in [0.29, 0.717) is 6.04 Å². The van der Waals surface area contributed by atoms with Crippen molar-refractivity contribution in [3.05, 3.63) is 42.7 Å². The number of rotatable bonds is 5. The van der Waals surface area contributed by atoms with Crippen LogP contribution >= 0.6 is 0 Å². The number of nitrogens with zero attached hydrogens (tertiary/aromatic N) is 4. The van der Waals surface area contributed by atoms with Gasteiger partial charge in [0.15, 0.2) is 0 Å². The van der Waals surface area contributed by atoms with Crippen LogP contribution in [0.4, 0.5) is 17.3 Å². The van der Waals surface area contributed by atoms with Crippen molar-refractivity contribution in [1.82, 2.24) is 9.97 Å². The van der Waals surface area contributed by atoms with Gasteiger partial charge in [0.1, 0.15) is 0 Å². The normalized spacial score (nSPS) is 23.3. The van der Waals surface area contributed by atoms with E-state index in [0.717, 1.165) is 44.6 Å². The second-order valence-corrected chi connectivity index (χ2v) is 7.73. The molecule has 1 aromatic heterocycles. The Bertz CT molecular complexity index is 688. The molecule has 2 fully saturated rings. The van der Waals surface area contributed by atoms with Crippen LogP contribution in [0.25, 0.3) is 0 Å². The summed E-state index contributed by atoms with van der Waals surface area (Å²) in [5.41, 5.74) is 8.50. The lowest BCUT2D eigenvalue weighted by atomic mass is 9.86. The predicted octanol–water partition coefficient (Wildman–Crippen LogP) is 2.73. The van der Waals surface area contributed by atoms with Gasteiger partial charge in [0, 0.05) is 62.5 Å². The highest BCUT2D eigenvalue weighted by Crippen LogP contribution is 2.25. The maximum Gasteiger partial charge on any atom is 0.225 e. The average Bonchev–Trinajstić information content (AvgIpc) is 2.75. The topological polar surface area (TPSA) is 70.3 Å². The van der Waals surface area contributed by atoms with E-state index >= 15 is 0 Å². The highest BCUT2D eigenvalue weighted by molar-refractivity contribution is 5.56. The molecule has 2 heterocycles. The predicted molar refractivity (Wildman–Crippen MR) is 111 cm³/mol. The van der Waals surface area contributed by atoms with E-state index < -0.39 is 0 Å². The molecule has 1 aliphatic carbocycles. The second kappa shape index (κ2) is 8.57. The first-order valence-electron chi connectivity index (χ1n) is 10.1. The number of benzene rings is 1. The summed E-state index contributed by atoms with van der Waals surface area (Å²) < 4.78 is 0. The third-order valence-corrected chi connectivity index (χ3v) is 5.83. The Kier molecular flexibility index (Phi) is 5.72. The minimum atomic E-state index is 0.425. The van der Waals surface area contributed by atoms with Crippen molar-refractivity contribution >= 4 is 17.3 Å². The van der Waals surface area contributed by atoms with Crippen molar-refractivity contribution in [3.8, 4) is 0 Å². The Morgan fingerprint density at radius 1 is 0.889 bits per heavy atom. The van der Waals surface area contributed by atoms with Gasteiger partial charge in [-0.05, 0) is 61.9 Å². The van der Waals surface area contributed by atoms with E-state index in [9.17, 15) is 0 Å². The Labute approximate surface area is 161 Å². The largest absolute Gasteiger partial charge is 0.385 e. The first kappa shape index (κ1) is 18.0. The summed E-state index contributed by atoms with van der Waals surface area (Å²) in [6.45, 7) is 4.95. The fraction of sp³-hybridized carbons (Fsp3) is 0.524. The van der Waals surface area contributed by atoms with Gasteiger partial charge in [-0.1, -0.05) is 0 Å². The van der Waals surface area contributed by atoms with E-state index in [1.807, 2.05) is 18.5 Å². The number of nitrogens with two attached hydrogens (primary N) is 1. The van der Waals surface area contributed by atoms with Crippen LogP contribution in [0.2, 0.25) is 0 Å². The smallest absolute Gasteiger partial charge is 0.225 e. The van der Waals surface area contributed by atoms with E-state index in [1.54, 1.807) is 0 Å². The Balaban J connectivity index is 1.26. The summed E-state index contributed by atoms with van der Waals surface area (Å²) in [6, 6.07) is 11.2. The molecular formula is C21H30N6. The molecule has 0 amide bonds. The van der Waals surface area contributed by atoms with Gasteiger partial charge in [0.25, 0.3) is 0 Å². The van der Waals surface area contributed by atoms with Crippen LogP contribution in [0, 0.1) is 5.92 Å². The minimum absolute atomic E-state index is 0.425. The fourth-order valence-corrected chi connectivity index (χ4v) is 4.06. The highest BCUT2D eigenvalue weighted by Gasteiger charge is 2.20. The summed E-state index contributed by atoms with van der Waals surface area (Å²) in [6.07, 6.45) is 8.46. The third kappa shape index (κ3) is 4.69. The molecule has 1 saturated carbocycles. The summed E-state index contributed by atoms with van der Waals surface area (Å²) in [5.74, 6) is 1.60. The lowest BCUT2D eigenvalue weighted by Gasteiger charge is -2.36. The molecule has 2 aliphatic rings. The van der Waals surface area contributed by atoms with E-state index in [-0.39, 0.29) is 0 Å². The van der Waals surface area contributed by atoms with Crippen molar-refractivity contribution < 1.29 is 0 Å². The van der Waals surface area contributed by atoms with Crippen molar-refractivity contribution in [1.29, 1.82) is 0 Å². The fourth-order valence-electron chi connectivity index (χ4n) is 4.06. The maximum absolute atomic E-state index is 6.00. The Morgan fingerprint density at radius 2 is 1.52 bits per heavy atom. The van der Waals surface area contributed by atoms with Crippen LogP contribution in [0.3, 0.4) is 0 Å². The van der Waals surface area contributed by atoms with Gasteiger partial charge in [-0.15, -0.1) is 0 Å². The Morgan fingerprint density at radius 3 is 2.19 bits per heavy atom. The van der Waals surface area contributed by atoms with Gasteiger partial charge >= 0.3 is 0 Å². The number of nitrogens with one attached hydrogen (secondary N) is 1. The van der Waals surface area contributed by atoms with Crippen LogP contribution in [-0.2, 0) is 0 Å². The zero-order chi connectivity index (χ0) is 18.5. The molecule has 6 nitrogen and oxygen atoms in total. The second-order valence-electron chi connectivity index (χ2n) is 7.73. The van der Waals surface area contributed by atoms with Crippen molar-refractivity contribution in [2.75, 3.05) is 47.8 Å². The maximum atomic E-state index is 6.00. The molecule has 6 heteroatoms. The van der Waals surface area contributed by atoms with Crippen molar-refractivity contribution in [2.45, 2.75) is 31.7 Å². The number of hydrogen-bond acceptors (Lipinski definition) is 6. The monoisotopic (exact) mass is 366 g/mol. The SMILES string of the molecule is NC1CCC(CNc2ccc(N3CCN(c4ncccn4)CC3)cc2)CC1. The van der Waals surface area contributed by atoms with E-state index in [1.165, 1.54) is 37.1 Å². The van der Waals surface area contributed by atoms with Gasteiger partial charge < -0.3 is 20.9 Å². The molecule has 0 unspecified atom stereocenters. The lowest BCUT2D eigenvalue weighted by Crippen LogP contribution is -2.47. The first-order chi connectivity index (χ1) is 13.3. The third-order valence-electron chi connectivity index (χ3n) is 5.83. The molecule has 2 aromatic rings. The standard InChI is InChI=1S/C21H30N6/c22-18-4-2-17(3-5-18)16-25-19-6-8-20(9-7-19)26-12-14-27(15-13-26)21-23-10-1-11-24-21/h1,6-11,17-18,25H,2-5,12-16,22H2. The van der Waals surface area contributed by atoms with Crippen LogP contribution in [-0.4, -0.2) is 48.7 Å². The molecule has 1 aromatic carbocycles. The molecular weight excluding hydrogens is 336 g/mol. The van der Waals surface area contributed by atoms with Crippen LogP contribution < -0.4 is 20.9 Å². The van der Waals surface area contributed by atoms with Gasteiger partial charge in [-0.2, -0.15) is 0 Å². The molecule has 144 valence electrons. The summed E-state index contributed by atoms with van der Waals surface area (Å²) in [7, 11) is 0. The number of anilines is 3. The average molecular weight is 367 g/mol. The van der Waals surface area contributed by atoms with Gasteiger partial charge in [0.05, 0.1) is 0 Å². The van der Waals surface area contributed by atoms with Crippen molar-refractivity contribution in [2.24, 2.45) is 11.7 Å². The number of piperazine rings is 1. The highest BCUT2D eigenvalue weighted by atomic mass is 15.3. The van der Waals surface area contributed by atoms with Crippen LogP contribution in [0.5, 0.6) is 0 Å². The first-order valence-corrected chi connectivity index (χ1v) is 10.1. The van der Waals surface area contributed by atoms with Crippen LogP contribution in [0.15, 0.2) is 42.7 Å². The molecule has 0 spiro atoms. The zero-order valence-corrected chi connectivity index (χ0v) is 15.9. The molecule has 0 bridgehead atoms. The molecule has 0 atom stereocenters. The summed E-state index contributed by atoms with van der Waals surface area (Å²) in [4.78, 5) is 13.4. The molecule has 3 N–H and O–H groups in total. The van der Waals surface area contributed by atoms with E-state index in [4.69, 9.17) is 5.73 Å². The Hall–Kier alpha value is -2.34. The quantitative estimate of drug-likeness (QED) is 0.848. The number of hydrogen-bond donors (Lipinski definition) is 2.